The maximum Gasteiger partial charge on any atom is 0.416 e. The molecule has 2 atom stereocenters. The minimum absolute atomic E-state index is 0.0881. The Balaban J connectivity index is 2.21. The molecule has 0 radical (unpaired) electrons. The minimum atomic E-state index is -4.43. The maximum absolute atomic E-state index is 12.8. The number of rotatable bonds is 4. The van der Waals surface area contributed by atoms with Crippen molar-refractivity contribution in [2.24, 2.45) is 0 Å². The molecule has 22 heavy (non-hydrogen) atoms. The standard InChI is InChI=1S/C14H18F3NO3S/c1-22(20,21)6-5-18-9-12(19)8-13(18)10-3-2-4-11(7-10)14(15,16)17/h2-4,7,12-13,19H,5-6,8-9H2,1H3/t12-,13+/m1/s1. The Morgan fingerprint density at radius 2 is 2.05 bits per heavy atom. The average Bonchev–Trinajstić information content (AvgIpc) is 2.76. The molecule has 0 unspecified atom stereocenters. The molecular weight excluding hydrogens is 319 g/mol. The third-order valence-corrected chi connectivity index (χ3v) is 4.65. The van der Waals surface area contributed by atoms with Crippen LogP contribution in [0.1, 0.15) is 23.6 Å². The maximum atomic E-state index is 12.8. The van der Waals surface area contributed by atoms with Crippen molar-refractivity contribution in [3.8, 4) is 0 Å². The van der Waals surface area contributed by atoms with Gasteiger partial charge in [0.25, 0.3) is 0 Å². The fraction of sp³-hybridized carbons (Fsp3) is 0.571. The van der Waals surface area contributed by atoms with Gasteiger partial charge in [0.15, 0.2) is 0 Å². The summed E-state index contributed by atoms with van der Waals surface area (Å²) in [7, 11) is -3.17. The van der Waals surface area contributed by atoms with Crippen LogP contribution in [0.4, 0.5) is 13.2 Å². The van der Waals surface area contributed by atoms with E-state index >= 15 is 0 Å². The molecule has 8 heteroatoms. The van der Waals surface area contributed by atoms with E-state index in [1.807, 2.05) is 0 Å². The Labute approximate surface area is 127 Å². The van der Waals surface area contributed by atoms with Crippen LogP contribution in [0.3, 0.4) is 0 Å². The topological polar surface area (TPSA) is 57.6 Å². The average molecular weight is 337 g/mol. The molecule has 1 aliphatic rings. The molecule has 1 aromatic carbocycles. The molecule has 1 N–H and O–H groups in total. The lowest BCUT2D eigenvalue weighted by Crippen LogP contribution is -2.30. The van der Waals surface area contributed by atoms with Crippen LogP contribution in [-0.4, -0.2) is 49.6 Å². The van der Waals surface area contributed by atoms with Crippen molar-refractivity contribution in [1.82, 2.24) is 4.90 Å². The first-order valence-electron chi connectivity index (χ1n) is 6.83. The van der Waals surface area contributed by atoms with Gasteiger partial charge in [0.05, 0.1) is 17.4 Å². The zero-order valence-electron chi connectivity index (χ0n) is 12.0. The number of hydrogen-bond donors (Lipinski definition) is 1. The van der Waals surface area contributed by atoms with Gasteiger partial charge in [-0.15, -0.1) is 0 Å². The lowest BCUT2D eigenvalue weighted by molar-refractivity contribution is -0.137. The smallest absolute Gasteiger partial charge is 0.392 e. The highest BCUT2D eigenvalue weighted by atomic mass is 32.2. The van der Waals surface area contributed by atoms with E-state index in [9.17, 15) is 26.7 Å². The number of aliphatic hydroxyl groups excluding tert-OH is 1. The van der Waals surface area contributed by atoms with Crippen LogP contribution in [0.15, 0.2) is 24.3 Å². The Hall–Kier alpha value is -1.12. The quantitative estimate of drug-likeness (QED) is 0.911. The SMILES string of the molecule is CS(=O)(=O)CCN1C[C@H](O)C[C@H]1c1cccc(C(F)(F)F)c1. The Kier molecular flexibility index (Phi) is 4.84. The van der Waals surface area contributed by atoms with Crippen LogP contribution in [-0.2, 0) is 16.0 Å². The molecule has 0 bridgehead atoms. The molecule has 0 aromatic heterocycles. The molecule has 0 amide bonds. The summed E-state index contributed by atoms with van der Waals surface area (Å²) in [6.07, 6.45) is -3.69. The Morgan fingerprint density at radius 3 is 2.64 bits per heavy atom. The van der Waals surface area contributed by atoms with Crippen LogP contribution in [0, 0.1) is 0 Å². The highest BCUT2D eigenvalue weighted by Crippen LogP contribution is 2.35. The Bertz CT molecular complexity index is 630. The van der Waals surface area contributed by atoms with E-state index in [1.54, 1.807) is 11.0 Å². The molecule has 4 nitrogen and oxygen atoms in total. The van der Waals surface area contributed by atoms with Crippen molar-refractivity contribution < 1.29 is 26.7 Å². The number of halogens is 3. The molecule has 124 valence electrons. The van der Waals surface area contributed by atoms with Gasteiger partial charge in [-0.3, -0.25) is 4.90 Å². The summed E-state index contributed by atoms with van der Waals surface area (Å²) >= 11 is 0. The number of sulfone groups is 1. The first-order valence-corrected chi connectivity index (χ1v) is 8.89. The van der Waals surface area contributed by atoms with Gasteiger partial charge in [-0.25, -0.2) is 8.42 Å². The lowest BCUT2D eigenvalue weighted by Gasteiger charge is -2.24. The van der Waals surface area contributed by atoms with E-state index in [2.05, 4.69) is 0 Å². The third-order valence-electron chi connectivity index (χ3n) is 3.73. The second-order valence-corrected chi connectivity index (χ2v) is 7.91. The fourth-order valence-corrected chi connectivity index (χ4v) is 3.24. The summed E-state index contributed by atoms with van der Waals surface area (Å²) in [6.45, 7) is 0.452. The number of likely N-dealkylation sites (tertiary alicyclic amines) is 1. The number of hydrogen-bond acceptors (Lipinski definition) is 4. The zero-order valence-corrected chi connectivity index (χ0v) is 12.9. The van der Waals surface area contributed by atoms with E-state index in [-0.39, 0.29) is 18.8 Å². The molecule has 1 saturated heterocycles. The van der Waals surface area contributed by atoms with Crippen LogP contribution in [0.2, 0.25) is 0 Å². The number of benzene rings is 1. The first kappa shape index (κ1) is 17.2. The van der Waals surface area contributed by atoms with Crippen LogP contribution in [0.25, 0.3) is 0 Å². The molecule has 0 saturated carbocycles. The second-order valence-electron chi connectivity index (χ2n) is 5.65. The number of β-amino-alcohol motifs (C(OH)–C–C–N with tert-alkyl or cyclic N) is 1. The largest absolute Gasteiger partial charge is 0.416 e. The highest BCUT2D eigenvalue weighted by Gasteiger charge is 2.35. The zero-order chi connectivity index (χ0) is 16.5. The number of alkyl halides is 3. The van der Waals surface area contributed by atoms with Crippen molar-refractivity contribution >= 4 is 9.84 Å². The van der Waals surface area contributed by atoms with Gasteiger partial charge in [0.1, 0.15) is 9.84 Å². The monoisotopic (exact) mass is 337 g/mol. The van der Waals surface area contributed by atoms with Crippen LogP contribution in [0.5, 0.6) is 0 Å². The van der Waals surface area contributed by atoms with E-state index < -0.39 is 33.7 Å². The normalized spacial score (nSPS) is 23.9. The fourth-order valence-electron chi connectivity index (χ4n) is 2.68. The van der Waals surface area contributed by atoms with Gasteiger partial charge >= 0.3 is 6.18 Å². The molecular formula is C14H18F3NO3S. The first-order chi connectivity index (χ1) is 10.1. The predicted octanol–water partition coefficient (Wildman–Crippen LogP) is 1.86. The van der Waals surface area contributed by atoms with Gasteiger partial charge < -0.3 is 5.11 Å². The summed E-state index contributed by atoms with van der Waals surface area (Å²) in [5, 5.41) is 9.78. The minimum Gasteiger partial charge on any atom is -0.392 e. The van der Waals surface area contributed by atoms with Crippen LogP contribution < -0.4 is 0 Å². The van der Waals surface area contributed by atoms with Crippen molar-refractivity contribution in [1.29, 1.82) is 0 Å². The summed E-state index contributed by atoms with van der Waals surface area (Å²) in [5.41, 5.74) is -0.297. The van der Waals surface area contributed by atoms with E-state index in [1.165, 1.54) is 6.07 Å². The molecule has 0 spiro atoms. The second kappa shape index (κ2) is 6.17. The predicted molar refractivity (Wildman–Crippen MR) is 76.1 cm³/mol. The van der Waals surface area contributed by atoms with E-state index in [0.717, 1.165) is 18.4 Å². The van der Waals surface area contributed by atoms with Crippen molar-refractivity contribution in [3.05, 3.63) is 35.4 Å². The summed E-state index contributed by atoms with van der Waals surface area (Å²) in [4.78, 5) is 1.72. The third kappa shape index (κ3) is 4.44. The Morgan fingerprint density at radius 1 is 1.36 bits per heavy atom. The van der Waals surface area contributed by atoms with Gasteiger partial charge in [0, 0.05) is 25.4 Å². The molecule has 1 aliphatic heterocycles. The van der Waals surface area contributed by atoms with Crippen LogP contribution >= 0.6 is 0 Å². The summed E-state index contributed by atoms with van der Waals surface area (Å²) in [5.74, 6) is -0.0881. The molecule has 1 aromatic rings. The molecule has 0 aliphatic carbocycles. The summed E-state index contributed by atoms with van der Waals surface area (Å²) < 4.78 is 60.9. The van der Waals surface area contributed by atoms with Gasteiger partial charge in [-0.1, -0.05) is 12.1 Å². The van der Waals surface area contributed by atoms with Crippen molar-refractivity contribution in [3.63, 3.8) is 0 Å². The van der Waals surface area contributed by atoms with Crippen molar-refractivity contribution in [2.75, 3.05) is 25.1 Å². The number of nitrogens with zero attached hydrogens (tertiary/aromatic N) is 1. The van der Waals surface area contributed by atoms with Gasteiger partial charge in [-0.05, 0) is 24.1 Å². The highest BCUT2D eigenvalue weighted by molar-refractivity contribution is 7.90. The van der Waals surface area contributed by atoms with E-state index in [0.29, 0.717) is 12.0 Å². The van der Waals surface area contributed by atoms with Crippen molar-refractivity contribution in [2.45, 2.75) is 24.7 Å². The molecule has 1 fully saturated rings. The summed E-state index contributed by atoms with van der Waals surface area (Å²) in [6, 6.07) is 4.56. The molecule has 1 heterocycles. The number of aliphatic hydroxyl groups is 1. The lowest BCUT2D eigenvalue weighted by atomic mass is 10.0. The van der Waals surface area contributed by atoms with E-state index in [4.69, 9.17) is 0 Å². The van der Waals surface area contributed by atoms with Gasteiger partial charge in [0.2, 0.25) is 0 Å². The van der Waals surface area contributed by atoms with Gasteiger partial charge in [-0.2, -0.15) is 13.2 Å². The molecule has 2 rings (SSSR count).